The van der Waals surface area contributed by atoms with E-state index >= 15 is 0 Å². The predicted octanol–water partition coefficient (Wildman–Crippen LogP) is 3.78. The van der Waals surface area contributed by atoms with Gasteiger partial charge in [0, 0.05) is 43.0 Å². The Morgan fingerprint density at radius 3 is 2.51 bits per heavy atom. The number of amides is 1. The van der Waals surface area contributed by atoms with E-state index in [2.05, 4.69) is 25.9 Å². The zero-order chi connectivity index (χ0) is 26.6. The normalized spacial score (nSPS) is 11.9. The number of methoxy groups -OCH3 is 1. The van der Waals surface area contributed by atoms with Gasteiger partial charge in [0.1, 0.15) is 12.4 Å². The topological polar surface area (TPSA) is 118 Å². The van der Waals surface area contributed by atoms with Crippen LogP contribution in [0.1, 0.15) is 0 Å². The van der Waals surface area contributed by atoms with Gasteiger partial charge in [-0.25, -0.2) is 4.98 Å². The molecule has 3 rings (SSSR count). The highest BCUT2D eigenvalue weighted by molar-refractivity contribution is 7.84. The summed E-state index contributed by atoms with van der Waals surface area (Å²) in [7, 11) is 4.16. The second-order valence-electron chi connectivity index (χ2n) is 8.21. The minimum absolute atomic E-state index is 0.224. The van der Waals surface area contributed by atoms with E-state index in [0.717, 1.165) is 11.4 Å². The first-order valence-electron chi connectivity index (χ1n) is 11.5. The van der Waals surface area contributed by atoms with Crippen molar-refractivity contribution in [3.63, 3.8) is 0 Å². The second-order valence-corrected chi connectivity index (χ2v) is 9.56. The van der Waals surface area contributed by atoms with Gasteiger partial charge >= 0.3 is 0 Å². The van der Waals surface area contributed by atoms with E-state index in [1.807, 2.05) is 49.3 Å². The number of benzene rings is 2. The van der Waals surface area contributed by atoms with E-state index < -0.39 is 10.8 Å². The van der Waals surface area contributed by atoms with Gasteiger partial charge in [0.05, 0.1) is 28.5 Å². The van der Waals surface area contributed by atoms with Crippen LogP contribution >= 0.6 is 0 Å². The highest BCUT2D eigenvalue weighted by atomic mass is 32.2. The highest BCUT2D eigenvalue weighted by Crippen LogP contribution is 2.25. The minimum Gasteiger partial charge on any atom is -0.491 e. The van der Waals surface area contributed by atoms with Crippen LogP contribution in [0.5, 0.6) is 5.75 Å². The Labute approximate surface area is 219 Å². The van der Waals surface area contributed by atoms with Crippen LogP contribution in [0.25, 0.3) is 0 Å². The fraction of sp³-hybridized carbons (Fsp3) is 0.269. The standard InChI is InChI=1S/C26H32N6O4S/c1-32(2)14-6-9-24(33)28-20-7-5-8-21(17-20)29-25-23(37(4)34)18-27-26(31-25)30-19-10-12-22(13-11-19)36-16-15-35-3/h5-13,17-18H,14-16H2,1-4H3,(H,28,33)(H2,27,29,30,31). The molecule has 1 atom stereocenters. The average molecular weight is 525 g/mol. The van der Waals surface area contributed by atoms with Crippen LogP contribution in [0.15, 0.2) is 71.8 Å². The summed E-state index contributed by atoms with van der Waals surface area (Å²) in [6.45, 7) is 1.65. The number of carbonyl (C=O) groups excluding carboxylic acids is 1. The summed E-state index contributed by atoms with van der Waals surface area (Å²) in [6, 6.07) is 14.6. The molecule has 0 saturated heterocycles. The molecule has 1 amide bonds. The first-order chi connectivity index (χ1) is 17.8. The smallest absolute Gasteiger partial charge is 0.248 e. The lowest BCUT2D eigenvalue weighted by atomic mass is 10.2. The van der Waals surface area contributed by atoms with Gasteiger partial charge in [-0.3, -0.25) is 9.00 Å². The van der Waals surface area contributed by atoms with Gasteiger partial charge in [-0.05, 0) is 56.6 Å². The molecule has 1 heterocycles. The molecule has 2 aromatic carbocycles. The third-order valence-electron chi connectivity index (χ3n) is 4.86. The molecule has 3 aromatic rings. The quantitative estimate of drug-likeness (QED) is 0.227. The van der Waals surface area contributed by atoms with Crippen LogP contribution in [0.4, 0.5) is 28.8 Å². The van der Waals surface area contributed by atoms with E-state index in [1.54, 1.807) is 37.6 Å². The Morgan fingerprint density at radius 1 is 1.05 bits per heavy atom. The van der Waals surface area contributed by atoms with Gasteiger partial charge < -0.3 is 30.3 Å². The molecule has 3 N–H and O–H groups in total. The number of hydrogen-bond acceptors (Lipinski definition) is 9. The SMILES string of the molecule is COCCOc1ccc(Nc2ncc(S(C)=O)c(Nc3cccc(NC(=O)C=CCN(C)C)c3)n2)cc1. The van der Waals surface area contributed by atoms with Crippen LogP contribution in [0.2, 0.25) is 0 Å². The third-order valence-corrected chi connectivity index (χ3v) is 5.78. The number of nitrogens with zero attached hydrogens (tertiary/aromatic N) is 3. The summed E-state index contributed by atoms with van der Waals surface area (Å²) in [5.41, 5.74) is 2.05. The molecule has 1 unspecified atom stereocenters. The van der Waals surface area contributed by atoms with Gasteiger partial charge in [-0.1, -0.05) is 12.1 Å². The number of ether oxygens (including phenoxy) is 2. The molecule has 0 saturated carbocycles. The second kappa shape index (κ2) is 14.1. The van der Waals surface area contributed by atoms with Crippen LogP contribution < -0.4 is 20.7 Å². The molecule has 0 aliphatic carbocycles. The van der Waals surface area contributed by atoms with Crippen molar-refractivity contribution in [1.29, 1.82) is 0 Å². The lowest BCUT2D eigenvalue weighted by Crippen LogP contribution is -2.13. The Balaban J connectivity index is 1.72. The lowest BCUT2D eigenvalue weighted by molar-refractivity contribution is -0.111. The number of likely N-dealkylation sites (N-methyl/N-ethyl adjacent to an activating group) is 1. The number of aromatic nitrogens is 2. The average Bonchev–Trinajstić information content (AvgIpc) is 2.85. The molecule has 0 aliphatic rings. The maximum absolute atomic E-state index is 12.3. The molecule has 0 bridgehead atoms. The van der Waals surface area contributed by atoms with E-state index in [9.17, 15) is 9.00 Å². The first kappa shape index (κ1) is 27.8. The van der Waals surface area contributed by atoms with Crippen molar-refractivity contribution in [2.45, 2.75) is 4.90 Å². The van der Waals surface area contributed by atoms with Crippen molar-refractivity contribution in [2.75, 3.05) is 63.2 Å². The van der Waals surface area contributed by atoms with E-state index in [-0.39, 0.29) is 5.91 Å². The summed E-state index contributed by atoms with van der Waals surface area (Å²) in [4.78, 5) is 23.5. The van der Waals surface area contributed by atoms with E-state index in [0.29, 0.717) is 47.8 Å². The molecule has 0 radical (unpaired) electrons. The van der Waals surface area contributed by atoms with Gasteiger partial charge in [0.2, 0.25) is 11.9 Å². The summed E-state index contributed by atoms with van der Waals surface area (Å²) < 4.78 is 22.9. The van der Waals surface area contributed by atoms with Crippen molar-refractivity contribution in [3.05, 3.63) is 66.9 Å². The molecule has 0 spiro atoms. The van der Waals surface area contributed by atoms with Crippen molar-refractivity contribution in [2.24, 2.45) is 0 Å². The van der Waals surface area contributed by atoms with Crippen molar-refractivity contribution < 1.29 is 18.5 Å². The van der Waals surface area contributed by atoms with Crippen LogP contribution in [0.3, 0.4) is 0 Å². The largest absolute Gasteiger partial charge is 0.491 e. The fourth-order valence-electron chi connectivity index (χ4n) is 3.10. The number of carbonyl (C=O) groups is 1. The zero-order valence-electron chi connectivity index (χ0n) is 21.4. The van der Waals surface area contributed by atoms with Gasteiger partial charge in [-0.2, -0.15) is 4.98 Å². The number of rotatable bonds is 13. The van der Waals surface area contributed by atoms with Crippen LogP contribution in [-0.2, 0) is 20.3 Å². The molecule has 11 heteroatoms. The monoisotopic (exact) mass is 524 g/mol. The van der Waals surface area contributed by atoms with Gasteiger partial charge in [0.25, 0.3) is 0 Å². The first-order valence-corrected chi connectivity index (χ1v) is 13.1. The van der Waals surface area contributed by atoms with Crippen LogP contribution in [-0.4, -0.2) is 72.2 Å². The molecule has 10 nitrogen and oxygen atoms in total. The Kier molecular flexibility index (Phi) is 10.6. The number of nitrogens with one attached hydrogen (secondary N) is 3. The molecular formula is C26H32N6O4S. The molecule has 1 aromatic heterocycles. The van der Waals surface area contributed by atoms with Crippen molar-refractivity contribution in [3.8, 4) is 5.75 Å². The maximum Gasteiger partial charge on any atom is 0.248 e. The summed E-state index contributed by atoms with van der Waals surface area (Å²) >= 11 is 0. The number of hydrogen-bond donors (Lipinski definition) is 3. The molecule has 196 valence electrons. The Morgan fingerprint density at radius 2 is 1.81 bits per heavy atom. The highest BCUT2D eigenvalue weighted by Gasteiger charge is 2.12. The molecular weight excluding hydrogens is 492 g/mol. The lowest BCUT2D eigenvalue weighted by Gasteiger charge is -2.13. The van der Waals surface area contributed by atoms with E-state index in [1.165, 1.54) is 12.3 Å². The summed E-state index contributed by atoms with van der Waals surface area (Å²) in [5, 5.41) is 9.18. The Bertz CT molecular complexity index is 1230. The van der Waals surface area contributed by atoms with E-state index in [4.69, 9.17) is 9.47 Å². The van der Waals surface area contributed by atoms with Crippen molar-refractivity contribution >= 4 is 45.5 Å². The Hall–Kier alpha value is -3.80. The minimum atomic E-state index is -1.32. The zero-order valence-corrected chi connectivity index (χ0v) is 22.2. The summed E-state index contributed by atoms with van der Waals surface area (Å²) in [5.74, 6) is 1.23. The molecule has 37 heavy (non-hydrogen) atoms. The number of anilines is 5. The third kappa shape index (κ3) is 9.30. The molecule has 0 aliphatic heterocycles. The summed E-state index contributed by atoms with van der Waals surface area (Å²) in [6.07, 6.45) is 6.38. The van der Waals surface area contributed by atoms with Crippen LogP contribution in [0, 0.1) is 0 Å². The van der Waals surface area contributed by atoms with Crippen molar-refractivity contribution in [1.82, 2.24) is 14.9 Å². The molecule has 0 fully saturated rings. The van der Waals surface area contributed by atoms with Gasteiger partial charge in [0.15, 0.2) is 5.82 Å². The fourth-order valence-corrected chi connectivity index (χ4v) is 3.67. The maximum atomic E-state index is 12.3. The van der Waals surface area contributed by atoms with Gasteiger partial charge in [-0.15, -0.1) is 0 Å². The predicted molar refractivity (Wildman–Crippen MR) is 148 cm³/mol.